The van der Waals surface area contributed by atoms with Crippen molar-refractivity contribution in [1.29, 1.82) is 0 Å². The number of nitrogens with one attached hydrogen (secondary N) is 2. The highest BCUT2D eigenvalue weighted by Gasteiger charge is 2.34. The highest BCUT2D eigenvalue weighted by atomic mass is 127. The molecule has 2 saturated heterocycles. The highest BCUT2D eigenvalue weighted by Crippen LogP contribution is 2.19. The molecule has 10 heteroatoms. The van der Waals surface area contributed by atoms with E-state index in [1.807, 2.05) is 0 Å². The topological polar surface area (TPSA) is 46.1 Å². The summed E-state index contributed by atoms with van der Waals surface area (Å²) in [5.74, 6) is 1.15. The van der Waals surface area contributed by atoms with Crippen molar-refractivity contribution < 1.29 is 13.2 Å². The summed E-state index contributed by atoms with van der Waals surface area (Å²) in [4.78, 5) is 10.5. The van der Waals surface area contributed by atoms with Crippen LogP contribution in [-0.4, -0.2) is 106 Å². The number of likely N-dealkylation sites (tertiary alicyclic amines) is 1. The van der Waals surface area contributed by atoms with Crippen molar-refractivity contribution in [2.45, 2.75) is 25.6 Å². The Kier molecular flexibility index (Phi) is 10.6. The molecule has 2 aliphatic heterocycles. The first-order valence-electron chi connectivity index (χ1n) is 9.42. The predicted octanol–water partition coefficient (Wildman–Crippen LogP) is 1.29. The van der Waals surface area contributed by atoms with E-state index in [-0.39, 0.29) is 30.0 Å². The lowest BCUT2D eigenvalue weighted by Crippen LogP contribution is -2.49. The molecule has 0 spiro atoms. The molecule has 2 unspecified atom stereocenters. The molecule has 27 heavy (non-hydrogen) atoms. The largest absolute Gasteiger partial charge is 0.401 e. The number of piperazine rings is 1. The van der Waals surface area contributed by atoms with Crippen molar-refractivity contribution in [3.8, 4) is 0 Å². The highest BCUT2D eigenvalue weighted by molar-refractivity contribution is 14.0. The van der Waals surface area contributed by atoms with Crippen LogP contribution >= 0.6 is 24.0 Å². The molecule has 0 amide bonds. The van der Waals surface area contributed by atoms with Gasteiger partial charge in [-0.3, -0.25) is 9.89 Å². The Morgan fingerprint density at radius 1 is 1.15 bits per heavy atom. The molecule has 0 aromatic heterocycles. The van der Waals surface area contributed by atoms with E-state index in [1.165, 1.54) is 4.90 Å². The van der Waals surface area contributed by atoms with Gasteiger partial charge in [0.1, 0.15) is 0 Å². The maximum atomic E-state index is 12.5. The van der Waals surface area contributed by atoms with Crippen molar-refractivity contribution in [3.05, 3.63) is 0 Å². The Morgan fingerprint density at radius 2 is 1.81 bits per heavy atom. The molecule has 2 heterocycles. The lowest BCUT2D eigenvalue weighted by molar-refractivity contribution is -0.143. The van der Waals surface area contributed by atoms with Crippen LogP contribution < -0.4 is 10.6 Å². The van der Waals surface area contributed by atoms with Crippen molar-refractivity contribution in [1.82, 2.24) is 25.3 Å². The van der Waals surface area contributed by atoms with E-state index in [9.17, 15) is 13.2 Å². The molecule has 2 rings (SSSR count). The van der Waals surface area contributed by atoms with Crippen molar-refractivity contribution in [2.75, 3.05) is 73.0 Å². The summed E-state index contributed by atoms with van der Waals surface area (Å²) in [5.41, 5.74) is 0. The lowest BCUT2D eigenvalue weighted by Gasteiger charge is -2.34. The number of hydrogen-bond donors (Lipinski definition) is 2. The molecular formula is C17H34F3IN6. The number of likely N-dealkylation sites (N-methyl/N-ethyl adjacent to an activating group) is 1. The van der Waals surface area contributed by atoms with Crippen LogP contribution in [0.4, 0.5) is 13.2 Å². The number of halogens is 4. The van der Waals surface area contributed by atoms with Crippen LogP contribution in [0, 0.1) is 5.92 Å². The fraction of sp³-hybridized carbons (Fsp3) is 0.941. The quantitative estimate of drug-likeness (QED) is 0.323. The minimum atomic E-state index is -4.13. The molecular weight excluding hydrogens is 472 g/mol. The summed E-state index contributed by atoms with van der Waals surface area (Å²) in [6, 6.07) is 0.0106. The van der Waals surface area contributed by atoms with E-state index < -0.39 is 12.7 Å². The average molecular weight is 506 g/mol. The van der Waals surface area contributed by atoms with E-state index in [0.717, 1.165) is 39.3 Å². The third-order valence-corrected chi connectivity index (χ3v) is 5.02. The van der Waals surface area contributed by atoms with Gasteiger partial charge in [-0.1, -0.05) is 6.92 Å². The molecule has 0 bridgehead atoms. The molecule has 0 saturated carbocycles. The second-order valence-electron chi connectivity index (χ2n) is 7.64. The lowest BCUT2D eigenvalue weighted by atomic mass is 10.1. The van der Waals surface area contributed by atoms with Crippen LogP contribution in [0.1, 0.15) is 13.3 Å². The first-order valence-corrected chi connectivity index (χ1v) is 9.42. The third kappa shape index (κ3) is 9.62. The second kappa shape index (κ2) is 11.6. The predicted molar refractivity (Wildman–Crippen MR) is 114 cm³/mol. The monoisotopic (exact) mass is 506 g/mol. The van der Waals surface area contributed by atoms with Crippen LogP contribution in [0.25, 0.3) is 0 Å². The molecule has 2 N–H and O–H groups in total. The SMILES string of the molecule is CN=C(NCC(C)CN1CCN(C)CC1)NC1CCN(CC(F)(F)F)C1.I. The normalized spacial score (nSPS) is 24.5. The fourth-order valence-electron chi connectivity index (χ4n) is 3.54. The van der Waals surface area contributed by atoms with Crippen LogP contribution in [-0.2, 0) is 0 Å². The van der Waals surface area contributed by atoms with Gasteiger partial charge in [0.2, 0.25) is 0 Å². The van der Waals surface area contributed by atoms with Crippen molar-refractivity contribution in [3.63, 3.8) is 0 Å². The van der Waals surface area contributed by atoms with Gasteiger partial charge in [-0.15, -0.1) is 24.0 Å². The minimum absolute atomic E-state index is 0. The van der Waals surface area contributed by atoms with Crippen LogP contribution in [0.5, 0.6) is 0 Å². The van der Waals surface area contributed by atoms with Crippen molar-refractivity contribution >= 4 is 29.9 Å². The number of nitrogens with zero attached hydrogens (tertiary/aromatic N) is 4. The smallest absolute Gasteiger partial charge is 0.356 e. The first kappa shape index (κ1) is 24.7. The maximum absolute atomic E-state index is 12.5. The van der Waals surface area contributed by atoms with E-state index >= 15 is 0 Å². The van der Waals surface area contributed by atoms with Gasteiger partial charge in [-0.25, -0.2) is 0 Å². The van der Waals surface area contributed by atoms with Crippen LogP contribution in [0.2, 0.25) is 0 Å². The molecule has 0 aromatic carbocycles. The summed E-state index contributed by atoms with van der Waals surface area (Å²) in [7, 11) is 3.85. The van der Waals surface area contributed by atoms with Gasteiger partial charge in [0.25, 0.3) is 0 Å². The summed E-state index contributed by atoms with van der Waals surface area (Å²) >= 11 is 0. The summed E-state index contributed by atoms with van der Waals surface area (Å²) in [5, 5.41) is 6.57. The Hall–Kier alpha value is -0.330. The van der Waals surface area contributed by atoms with Crippen LogP contribution in [0.3, 0.4) is 0 Å². The molecule has 2 atom stereocenters. The molecule has 160 valence electrons. The molecule has 2 fully saturated rings. The average Bonchev–Trinajstić information content (AvgIpc) is 2.98. The van der Waals surface area contributed by atoms with Gasteiger partial charge in [0.05, 0.1) is 6.54 Å². The molecule has 6 nitrogen and oxygen atoms in total. The minimum Gasteiger partial charge on any atom is -0.356 e. The summed E-state index contributed by atoms with van der Waals surface area (Å²) < 4.78 is 37.4. The zero-order chi connectivity index (χ0) is 19.2. The van der Waals surface area contributed by atoms with E-state index in [2.05, 4.69) is 39.4 Å². The van der Waals surface area contributed by atoms with Gasteiger partial charge in [-0.2, -0.15) is 13.2 Å². The van der Waals surface area contributed by atoms with Gasteiger partial charge in [-0.05, 0) is 19.4 Å². The standard InChI is InChI=1S/C17H33F3N6.HI/c1-14(11-25-8-6-24(3)7-9-25)10-22-16(21-2)23-15-4-5-26(12-15)13-17(18,19)20;/h14-15H,4-13H2,1-3H3,(H2,21,22,23);1H. The Bertz CT molecular complexity index is 454. The summed E-state index contributed by atoms with van der Waals surface area (Å²) in [6.07, 6.45) is -3.43. The van der Waals surface area contributed by atoms with Crippen LogP contribution in [0.15, 0.2) is 4.99 Å². The molecule has 0 radical (unpaired) electrons. The van der Waals surface area contributed by atoms with Gasteiger partial charge >= 0.3 is 6.18 Å². The fourth-order valence-corrected chi connectivity index (χ4v) is 3.54. The zero-order valence-corrected chi connectivity index (χ0v) is 18.9. The zero-order valence-electron chi connectivity index (χ0n) is 16.6. The summed E-state index contributed by atoms with van der Waals surface area (Å²) in [6.45, 7) is 8.50. The Morgan fingerprint density at radius 3 is 2.41 bits per heavy atom. The number of hydrogen-bond acceptors (Lipinski definition) is 4. The number of rotatable bonds is 6. The van der Waals surface area contributed by atoms with E-state index in [1.54, 1.807) is 7.05 Å². The maximum Gasteiger partial charge on any atom is 0.401 e. The van der Waals surface area contributed by atoms with Crippen molar-refractivity contribution in [2.24, 2.45) is 10.9 Å². The molecule has 0 aromatic rings. The second-order valence-corrected chi connectivity index (χ2v) is 7.64. The number of alkyl halides is 3. The number of guanidine groups is 1. The van der Waals surface area contributed by atoms with Gasteiger partial charge in [0, 0.05) is 65.4 Å². The van der Waals surface area contributed by atoms with E-state index in [4.69, 9.17) is 0 Å². The molecule has 0 aliphatic carbocycles. The van der Waals surface area contributed by atoms with Gasteiger partial charge < -0.3 is 20.4 Å². The first-order chi connectivity index (χ1) is 12.2. The molecule has 2 aliphatic rings. The third-order valence-electron chi connectivity index (χ3n) is 5.02. The Balaban J connectivity index is 0.00000364. The number of aliphatic imine (C=N–C) groups is 1. The van der Waals surface area contributed by atoms with Gasteiger partial charge in [0.15, 0.2) is 5.96 Å². The Labute approximate surface area is 177 Å². The van der Waals surface area contributed by atoms with E-state index in [0.29, 0.717) is 31.4 Å².